The van der Waals surface area contributed by atoms with E-state index in [0.717, 1.165) is 0 Å². The highest BCUT2D eigenvalue weighted by Gasteiger charge is 2.38. The first-order valence-electron chi connectivity index (χ1n) is 4.87. The van der Waals surface area contributed by atoms with E-state index in [4.69, 9.17) is 10.0 Å². The first kappa shape index (κ1) is 15.1. The van der Waals surface area contributed by atoms with Gasteiger partial charge in [-0.25, -0.2) is 0 Å². The van der Waals surface area contributed by atoms with Gasteiger partial charge in [-0.15, -0.1) is 0 Å². The Balaban J connectivity index is 0.000000368. The average Bonchev–Trinajstić information content (AvgIpc) is 2.54. The molecule has 0 unspecified atom stereocenters. The molecular weight excluding hydrogens is 211 g/mol. The molecule has 0 bridgehead atoms. The summed E-state index contributed by atoms with van der Waals surface area (Å²) in [6.07, 6.45) is 3.46. The van der Waals surface area contributed by atoms with Crippen molar-refractivity contribution in [2.24, 2.45) is 0 Å². The zero-order valence-electron chi connectivity index (χ0n) is 10.0. The zero-order chi connectivity index (χ0) is 12.8. The van der Waals surface area contributed by atoms with Crippen LogP contribution in [-0.2, 0) is 4.65 Å². The number of hydrogen-bond donors (Lipinski definition) is 4. The van der Waals surface area contributed by atoms with E-state index in [1.165, 1.54) is 13.8 Å². The average molecular weight is 230 g/mol. The van der Waals surface area contributed by atoms with E-state index in [0.29, 0.717) is 0 Å². The second-order valence-corrected chi connectivity index (χ2v) is 4.28. The summed E-state index contributed by atoms with van der Waals surface area (Å²) in [6.45, 7) is 6.23. The van der Waals surface area contributed by atoms with Gasteiger partial charge >= 0.3 is 7.32 Å². The Hall–Kier alpha value is -0.885. The minimum absolute atomic E-state index is 0.985. The first-order valence-corrected chi connectivity index (χ1v) is 4.87. The second-order valence-electron chi connectivity index (χ2n) is 4.28. The van der Waals surface area contributed by atoms with Crippen molar-refractivity contribution in [3.8, 4) is 0 Å². The maximum atomic E-state index is 9.45. The Bertz CT molecular complexity index is 252. The summed E-state index contributed by atoms with van der Waals surface area (Å²) in [5, 5.41) is 32.6. The highest BCUT2D eigenvalue weighted by atomic mass is 16.6. The first-order chi connectivity index (χ1) is 7.17. The van der Waals surface area contributed by atoms with Crippen LogP contribution in [0.3, 0.4) is 0 Å². The van der Waals surface area contributed by atoms with Gasteiger partial charge in [-0.05, 0) is 33.8 Å². The van der Waals surface area contributed by atoms with Gasteiger partial charge in [-0.2, -0.15) is 5.10 Å². The lowest BCUT2D eigenvalue weighted by molar-refractivity contribution is -0.109. The summed E-state index contributed by atoms with van der Waals surface area (Å²) < 4.78 is 4.66. The highest BCUT2D eigenvalue weighted by Crippen LogP contribution is 2.24. The largest absolute Gasteiger partial charge is 0.634 e. The summed E-state index contributed by atoms with van der Waals surface area (Å²) in [5.74, 6) is 0. The molecule has 16 heavy (non-hydrogen) atoms. The van der Waals surface area contributed by atoms with Crippen LogP contribution in [0.2, 0.25) is 0 Å². The summed E-state index contributed by atoms with van der Waals surface area (Å²) >= 11 is 0. The topological polar surface area (TPSA) is 98.6 Å². The second kappa shape index (κ2) is 6.00. The van der Waals surface area contributed by atoms with Gasteiger partial charge in [-0.1, -0.05) is 0 Å². The minimum atomic E-state index is -1.85. The van der Waals surface area contributed by atoms with Gasteiger partial charge < -0.3 is 19.8 Å². The Morgan fingerprint density at radius 3 is 1.94 bits per heavy atom. The van der Waals surface area contributed by atoms with E-state index in [2.05, 4.69) is 14.9 Å². The molecular formula is C9H19BN2O4. The third-order valence-corrected chi connectivity index (χ3v) is 2.28. The Kier molecular flexibility index (Phi) is 5.67. The molecule has 0 atom stereocenters. The van der Waals surface area contributed by atoms with Gasteiger partial charge in [-0.3, -0.25) is 5.10 Å². The van der Waals surface area contributed by atoms with Crippen molar-refractivity contribution in [1.29, 1.82) is 0 Å². The minimum Gasteiger partial charge on any atom is -0.402 e. The molecule has 7 heteroatoms. The number of aromatic amines is 1. The molecule has 0 amide bonds. The molecule has 92 valence electrons. The van der Waals surface area contributed by atoms with Crippen molar-refractivity contribution in [2.75, 3.05) is 0 Å². The van der Waals surface area contributed by atoms with E-state index in [1.807, 2.05) is 6.07 Å². The number of rotatable bonds is 3. The lowest BCUT2D eigenvalue weighted by atomic mass is 9.88. The summed E-state index contributed by atoms with van der Waals surface area (Å²) in [7, 11) is -1.85. The van der Waals surface area contributed by atoms with Gasteiger partial charge in [0.2, 0.25) is 0 Å². The molecule has 1 aromatic heterocycles. The molecule has 0 saturated carbocycles. The van der Waals surface area contributed by atoms with Crippen LogP contribution >= 0.6 is 0 Å². The molecule has 1 aromatic rings. The van der Waals surface area contributed by atoms with Crippen molar-refractivity contribution < 1.29 is 19.8 Å². The number of nitrogens with zero attached hydrogens (tertiary/aromatic N) is 1. The SMILES string of the molecule is CC(C)(O)C(C)(C)OB(O)O.c1cn[nH]c1. The van der Waals surface area contributed by atoms with Crippen molar-refractivity contribution in [2.45, 2.75) is 38.9 Å². The molecule has 0 aliphatic carbocycles. The van der Waals surface area contributed by atoms with E-state index >= 15 is 0 Å². The lowest BCUT2D eigenvalue weighted by Crippen LogP contribution is -2.50. The van der Waals surface area contributed by atoms with E-state index in [-0.39, 0.29) is 0 Å². The van der Waals surface area contributed by atoms with Crippen molar-refractivity contribution in [1.82, 2.24) is 10.2 Å². The maximum Gasteiger partial charge on any atom is 0.634 e. The van der Waals surface area contributed by atoms with Gasteiger partial charge in [0.15, 0.2) is 0 Å². The fraction of sp³-hybridized carbons (Fsp3) is 0.667. The summed E-state index contributed by atoms with van der Waals surface area (Å²) in [4.78, 5) is 0. The monoisotopic (exact) mass is 230 g/mol. The Morgan fingerprint density at radius 1 is 1.25 bits per heavy atom. The molecule has 6 nitrogen and oxygen atoms in total. The molecule has 0 aliphatic rings. The number of H-pyrrole nitrogens is 1. The fourth-order valence-electron chi connectivity index (χ4n) is 0.623. The van der Waals surface area contributed by atoms with E-state index in [9.17, 15) is 5.11 Å². The van der Waals surface area contributed by atoms with Crippen LogP contribution in [-0.4, -0.2) is 43.9 Å². The molecule has 1 rings (SSSR count). The van der Waals surface area contributed by atoms with Crippen LogP contribution in [0, 0.1) is 0 Å². The molecule has 0 radical (unpaired) electrons. The van der Waals surface area contributed by atoms with Crippen molar-refractivity contribution in [3.05, 3.63) is 18.5 Å². The third kappa shape index (κ3) is 5.87. The van der Waals surface area contributed by atoms with Gasteiger partial charge in [0.1, 0.15) is 0 Å². The molecule has 1 heterocycles. The lowest BCUT2D eigenvalue weighted by Gasteiger charge is -2.37. The third-order valence-electron chi connectivity index (χ3n) is 2.28. The van der Waals surface area contributed by atoms with Gasteiger partial charge in [0.05, 0.1) is 11.2 Å². The number of nitrogens with one attached hydrogen (secondary N) is 1. The normalized spacial score (nSPS) is 11.7. The fourth-order valence-corrected chi connectivity index (χ4v) is 0.623. The smallest absolute Gasteiger partial charge is 0.402 e. The van der Waals surface area contributed by atoms with Crippen LogP contribution in [0.15, 0.2) is 18.5 Å². The summed E-state index contributed by atoms with van der Waals surface area (Å²) in [6, 6.07) is 1.83. The van der Waals surface area contributed by atoms with Gasteiger partial charge in [0.25, 0.3) is 0 Å². The van der Waals surface area contributed by atoms with Crippen LogP contribution < -0.4 is 0 Å². The number of aromatic nitrogens is 2. The molecule has 0 saturated heterocycles. The standard InChI is InChI=1S/C6H15BO4.C3H4N2/c1-5(2,8)6(3,4)11-7(9)10;1-2-4-5-3-1/h8-10H,1-4H3;1-3H,(H,4,5). The molecule has 0 fully saturated rings. The zero-order valence-corrected chi connectivity index (χ0v) is 10.0. The quantitative estimate of drug-likeness (QED) is 0.545. The van der Waals surface area contributed by atoms with Crippen LogP contribution in [0.4, 0.5) is 0 Å². The summed E-state index contributed by atoms with van der Waals surface area (Å²) in [5.41, 5.74) is -2.10. The highest BCUT2D eigenvalue weighted by molar-refractivity contribution is 6.32. The van der Waals surface area contributed by atoms with Crippen molar-refractivity contribution in [3.63, 3.8) is 0 Å². The van der Waals surface area contributed by atoms with Crippen LogP contribution in [0.25, 0.3) is 0 Å². The predicted molar refractivity (Wildman–Crippen MR) is 60.2 cm³/mol. The number of aliphatic hydroxyl groups is 1. The van der Waals surface area contributed by atoms with Crippen LogP contribution in [0.1, 0.15) is 27.7 Å². The van der Waals surface area contributed by atoms with E-state index in [1.54, 1.807) is 26.2 Å². The molecule has 4 N–H and O–H groups in total. The molecule has 0 aromatic carbocycles. The number of hydrogen-bond acceptors (Lipinski definition) is 5. The Labute approximate surface area is 95.4 Å². The Morgan fingerprint density at radius 2 is 1.81 bits per heavy atom. The van der Waals surface area contributed by atoms with Gasteiger partial charge in [0, 0.05) is 12.4 Å². The van der Waals surface area contributed by atoms with Crippen LogP contribution in [0.5, 0.6) is 0 Å². The van der Waals surface area contributed by atoms with E-state index < -0.39 is 18.5 Å². The molecule has 0 spiro atoms. The maximum absolute atomic E-state index is 9.45. The molecule has 0 aliphatic heterocycles. The van der Waals surface area contributed by atoms with Crippen molar-refractivity contribution >= 4 is 7.32 Å². The predicted octanol–water partition coefficient (Wildman–Crippen LogP) is -0.0683.